The smallest absolute Gasteiger partial charge is 0.228 e. The molecule has 0 unspecified atom stereocenters. The van der Waals surface area contributed by atoms with Crippen LogP contribution in [-0.2, 0) is 6.42 Å². The van der Waals surface area contributed by atoms with Gasteiger partial charge in [-0.25, -0.2) is 0 Å². The Morgan fingerprint density at radius 1 is 1.29 bits per heavy atom. The lowest BCUT2D eigenvalue weighted by molar-refractivity contribution is 0.377. The van der Waals surface area contributed by atoms with E-state index in [9.17, 15) is 0 Å². The number of nitrogen functional groups attached to an aromatic ring is 1. The summed E-state index contributed by atoms with van der Waals surface area (Å²) in [7, 11) is 0. The van der Waals surface area contributed by atoms with Gasteiger partial charge in [0.2, 0.25) is 5.89 Å². The predicted octanol–water partition coefficient (Wildman–Crippen LogP) is 1.92. The van der Waals surface area contributed by atoms with Crippen LogP contribution in [-0.4, -0.2) is 16.7 Å². The van der Waals surface area contributed by atoms with Gasteiger partial charge in [0, 0.05) is 24.3 Å². The normalized spacial score (nSPS) is 10.5. The molecule has 17 heavy (non-hydrogen) atoms. The summed E-state index contributed by atoms with van der Waals surface area (Å²) in [6.45, 7) is 4.56. The first-order valence-electron chi connectivity index (χ1n) is 5.54. The van der Waals surface area contributed by atoms with Crippen molar-refractivity contribution in [1.29, 1.82) is 0 Å². The fourth-order valence-corrected chi connectivity index (χ4v) is 1.67. The first-order chi connectivity index (χ1) is 8.13. The van der Waals surface area contributed by atoms with Crippen LogP contribution in [0.1, 0.15) is 17.3 Å². The molecule has 0 bridgehead atoms. The monoisotopic (exact) mass is 232 g/mol. The molecule has 0 saturated carbocycles. The van der Waals surface area contributed by atoms with E-state index in [1.165, 1.54) is 0 Å². The second-order valence-electron chi connectivity index (χ2n) is 4.04. The number of anilines is 2. The topological polar surface area (TPSA) is 77.0 Å². The molecule has 3 N–H and O–H groups in total. The molecule has 1 aromatic carbocycles. The molecule has 5 nitrogen and oxygen atoms in total. The summed E-state index contributed by atoms with van der Waals surface area (Å²) < 4.78 is 5.02. The summed E-state index contributed by atoms with van der Waals surface area (Å²) in [4.78, 5) is 4.13. The number of benzene rings is 1. The number of rotatable bonds is 4. The minimum absolute atomic E-state index is 0.649. The molecular formula is C12H16N4O. The SMILES string of the molecule is Cc1cc(N)cc(NCCc2nc(C)no2)c1. The van der Waals surface area contributed by atoms with Crippen molar-refractivity contribution >= 4 is 11.4 Å². The molecule has 2 aromatic rings. The van der Waals surface area contributed by atoms with Crippen LogP contribution in [0.4, 0.5) is 11.4 Å². The van der Waals surface area contributed by atoms with Crippen molar-refractivity contribution in [3.05, 3.63) is 35.5 Å². The second kappa shape index (κ2) is 4.86. The number of aromatic nitrogens is 2. The van der Waals surface area contributed by atoms with Crippen molar-refractivity contribution in [2.24, 2.45) is 0 Å². The van der Waals surface area contributed by atoms with Crippen LogP contribution >= 0.6 is 0 Å². The first kappa shape index (κ1) is 11.4. The maximum atomic E-state index is 5.76. The number of nitrogens with one attached hydrogen (secondary N) is 1. The van der Waals surface area contributed by atoms with Crippen molar-refractivity contribution in [2.75, 3.05) is 17.6 Å². The lowest BCUT2D eigenvalue weighted by Gasteiger charge is -2.06. The van der Waals surface area contributed by atoms with Gasteiger partial charge in [0.1, 0.15) is 0 Å². The van der Waals surface area contributed by atoms with Crippen LogP contribution in [0.15, 0.2) is 22.7 Å². The Morgan fingerprint density at radius 2 is 2.12 bits per heavy atom. The van der Waals surface area contributed by atoms with Crippen molar-refractivity contribution < 1.29 is 4.52 Å². The molecule has 0 aliphatic heterocycles. The van der Waals surface area contributed by atoms with Crippen LogP contribution < -0.4 is 11.1 Å². The molecule has 0 fully saturated rings. The van der Waals surface area contributed by atoms with Crippen LogP contribution in [0.5, 0.6) is 0 Å². The van der Waals surface area contributed by atoms with E-state index >= 15 is 0 Å². The molecule has 0 radical (unpaired) electrons. The number of nitrogens with two attached hydrogens (primary N) is 1. The van der Waals surface area contributed by atoms with Crippen LogP contribution in [0.25, 0.3) is 0 Å². The Bertz CT molecular complexity index is 487. The van der Waals surface area contributed by atoms with Crippen molar-refractivity contribution in [2.45, 2.75) is 20.3 Å². The lowest BCUT2D eigenvalue weighted by atomic mass is 10.2. The van der Waals surface area contributed by atoms with E-state index in [1.807, 2.05) is 26.0 Å². The van der Waals surface area contributed by atoms with Gasteiger partial charge in [-0.2, -0.15) is 4.98 Å². The Labute approximate surface area is 100 Å². The molecule has 0 aliphatic rings. The van der Waals surface area contributed by atoms with E-state index < -0.39 is 0 Å². The fourth-order valence-electron chi connectivity index (χ4n) is 1.67. The van der Waals surface area contributed by atoms with Crippen molar-refractivity contribution in [3.63, 3.8) is 0 Å². The zero-order chi connectivity index (χ0) is 12.3. The van der Waals surface area contributed by atoms with Gasteiger partial charge in [0.25, 0.3) is 0 Å². The standard InChI is InChI=1S/C12H16N4O/c1-8-5-10(13)7-11(6-8)14-4-3-12-15-9(2)16-17-12/h5-7,14H,3-4,13H2,1-2H3. The van der Waals surface area contributed by atoms with Crippen LogP contribution in [0.3, 0.4) is 0 Å². The third-order valence-electron chi connectivity index (χ3n) is 2.34. The molecule has 1 heterocycles. The minimum atomic E-state index is 0.649. The third-order valence-corrected chi connectivity index (χ3v) is 2.34. The van der Waals surface area contributed by atoms with E-state index in [0.717, 1.165) is 23.5 Å². The van der Waals surface area contributed by atoms with Crippen LogP contribution in [0, 0.1) is 13.8 Å². The number of nitrogens with zero attached hydrogens (tertiary/aromatic N) is 2. The van der Waals surface area contributed by atoms with Gasteiger partial charge in [-0.15, -0.1) is 0 Å². The Hall–Kier alpha value is -2.04. The van der Waals surface area contributed by atoms with E-state index in [2.05, 4.69) is 21.5 Å². The summed E-state index contributed by atoms with van der Waals surface area (Å²) in [6, 6.07) is 5.90. The van der Waals surface area contributed by atoms with Gasteiger partial charge in [0.15, 0.2) is 5.82 Å². The quantitative estimate of drug-likeness (QED) is 0.787. The maximum Gasteiger partial charge on any atom is 0.228 e. The average molecular weight is 232 g/mol. The number of aryl methyl sites for hydroxylation is 2. The second-order valence-corrected chi connectivity index (χ2v) is 4.04. The lowest BCUT2D eigenvalue weighted by Crippen LogP contribution is -2.05. The molecule has 90 valence electrons. The highest BCUT2D eigenvalue weighted by molar-refractivity contribution is 5.56. The van der Waals surface area contributed by atoms with Crippen molar-refractivity contribution in [3.8, 4) is 0 Å². The van der Waals surface area contributed by atoms with Gasteiger partial charge >= 0.3 is 0 Å². The average Bonchev–Trinajstić information content (AvgIpc) is 2.63. The van der Waals surface area contributed by atoms with Gasteiger partial charge < -0.3 is 15.6 Å². The highest BCUT2D eigenvalue weighted by Gasteiger charge is 2.02. The minimum Gasteiger partial charge on any atom is -0.399 e. The highest BCUT2D eigenvalue weighted by atomic mass is 16.5. The molecular weight excluding hydrogens is 216 g/mol. The van der Waals surface area contributed by atoms with Crippen LogP contribution in [0.2, 0.25) is 0 Å². The predicted molar refractivity (Wildman–Crippen MR) is 66.8 cm³/mol. The largest absolute Gasteiger partial charge is 0.399 e. The molecule has 2 rings (SSSR count). The summed E-state index contributed by atoms with van der Waals surface area (Å²) in [5.41, 5.74) is 8.68. The summed E-state index contributed by atoms with van der Waals surface area (Å²) >= 11 is 0. The summed E-state index contributed by atoms with van der Waals surface area (Å²) in [5, 5.41) is 7.01. The molecule has 0 atom stereocenters. The summed E-state index contributed by atoms with van der Waals surface area (Å²) in [5.74, 6) is 1.32. The zero-order valence-electron chi connectivity index (χ0n) is 10.0. The zero-order valence-corrected chi connectivity index (χ0v) is 10.0. The summed E-state index contributed by atoms with van der Waals surface area (Å²) in [6.07, 6.45) is 0.703. The Kier molecular flexibility index (Phi) is 3.27. The first-order valence-corrected chi connectivity index (χ1v) is 5.54. The number of hydrogen-bond acceptors (Lipinski definition) is 5. The van der Waals surface area contributed by atoms with E-state index in [-0.39, 0.29) is 0 Å². The van der Waals surface area contributed by atoms with Gasteiger partial charge in [-0.1, -0.05) is 5.16 Å². The molecule has 0 amide bonds. The highest BCUT2D eigenvalue weighted by Crippen LogP contribution is 2.15. The van der Waals surface area contributed by atoms with E-state index in [1.54, 1.807) is 0 Å². The van der Waals surface area contributed by atoms with Crippen molar-refractivity contribution in [1.82, 2.24) is 10.1 Å². The Balaban J connectivity index is 1.89. The number of hydrogen-bond donors (Lipinski definition) is 2. The third kappa shape index (κ3) is 3.21. The fraction of sp³-hybridized carbons (Fsp3) is 0.333. The van der Waals surface area contributed by atoms with E-state index in [4.69, 9.17) is 10.3 Å². The molecule has 0 saturated heterocycles. The molecule has 0 spiro atoms. The maximum absolute atomic E-state index is 5.76. The Morgan fingerprint density at radius 3 is 2.76 bits per heavy atom. The molecule has 5 heteroatoms. The molecule has 0 aliphatic carbocycles. The van der Waals surface area contributed by atoms with E-state index in [0.29, 0.717) is 18.1 Å². The van der Waals surface area contributed by atoms with Gasteiger partial charge in [-0.05, 0) is 37.6 Å². The van der Waals surface area contributed by atoms with Gasteiger partial charge in [-0.3, -0.25) is 0 Å². The van der Waals surface area contributed by atoms with Gasteiger partial charge in [0.05, 0.1) is 0 Å². The molecule has 1 aromatic heterocycles.